The highest BCUT2D eigenvalue weighted by molar-refractivity contribution is 9.10. The minimum Gasteiger partial charge on any atom is -0.489 e. The molecule has 1 aromatic heterocycles. The fourth-order valence-electron chi connectivity index (χ4n) is 4.31. The maximum absolute atomic E-state index is 12.6. The molecule has 4 aromatic carbocycles. The zero-order valence-corrected chi connectivity index (χ0v) is 22.2. The van der Waals surface area contributed by atoms with Gasteiger partial charge in [0.15, 0.2) is 0 Å². The van der Waals surface area contributed by atoms with Crippen LogP contribution in [0.1, 0.15) is 32.9 Å². The van der Waals surface area contributed by atoms with Gasteiger partial charge in [0, 0.05) is 32.7 Å². The molecule has 5 rings (SSSR count). The van der Waals surface area contributed by atoms with Crippen molar-refractivity contribution in [3.05, 3.63) is 130 Å². The summed E-state index contributed by atoms with van der Waals surface area (Å²) >= 11 is 3.45. The molecule has 0 bridgehead atoms. The molecule has 0 aliphatic rings. The van der Waals surface area contributed by atoms with Crippen LogP contribution in [0.3, 0.4) is 0 Å². The van der Waals surface area contributed by atoms with Crippen LogP contribution < -0.4 is 10.2 Å². The van der Waals surface area contributed by atoms with Crippen molar-refractivity contribution in [3.63, 3.8) is 0 Å². The fraction of sp³-hybridized carbons (Fsp3) is 0.0968. The number of halogens is 1. The van der Waals surface area contributed by atoms with E-state index < -0.39 is 0 Å². The highest BCUT2D eigenvalue weighted by atomic mass is 79.9. The lowest BCUT2D eigenvalue weighted by molar-refractivity contribution is 0.0955. The molecular formula is C31H26BrN3O2. The predicted molar refractivity (Wildman–Crippen MR) is 153 cm³/mol. The van der Waals surface area contributed by atoms with Gasteiger partial charge in [0.1, 0.15) is 12.4 Å². The Hall–Kier alpha value is -4.16. The number of benzene rings is 4. The van der Waals surface area contributed by atoms with Gasteiger partial charge in [0.2, 0.25) is 0 Å². The van der Waals surface area contributed by atoms with Crippen LogP contribution in [-0.2, 0) is 6.61 Å². The molecule has 1 heterocycles. The van der Waals surface area contributed by atoms with Crippen LogP contribution in [-0.4, -0.2) is 16.7 Å². The number of ether oxygens (including phenoxy) is 1. The van der Waals surface area contributed by atoms with Crippen molar-refractivity contribution in [3.8, 4) is 11.4 Å². The zero-order valence-electron chi connectivity index (χ0n) is 20.6. The van der Waals surface area contributed by atoms with E-state index in [2.05, 4.69) is 44.0 Å². The first-order chi connectivity index (χ1) is 18.0. The molecule has 1 N–H and O–H groups in total. The van der Waals surface area contributed by atoms with E-state index >= 15 is 0 Å². The number of fused-ring (bicyclic) bond motifs is 1. The Morgan fingerprint density at radius 1 is 0.919 bits per heavy atom. The first-order valence-electron chi connectivity index (χ1n) is 12.0. The number of amides is 1. The Labute approximate surface area is 224 Å². The zero-order chi connectivity index (χ0) is 25.8. The summed E-state index contributed by atoms with van der Waals surface area (Å²) in [5.41, 5.74) is 8.41. The Balaban J connectivity index is 1.25. The molecule has 6 heteroatoms. The molecule has 1 amide bonds. The number of nitrogens with one attached hydrogen (secondary N) is 1. The van der Waals surface area contributed by atoms with Gasteiger partial charge in [-0.2, -0.15) is 5.10 Å². The number of rotatable bonds is 7. The van der Waals surface area contributed by atoms with E-state index in [1.807, 2.05) is 97.9 Å². The van der Waals surface area contributed by atoms with Gasteiger partial charge < -0.3 is 9.30 Å². The average Bonchev–Trinajstić information content (AvgIpc) is 3.20. The van der Waals surface area contributed by atoms with Crippen LogP contribution in [0.15, 0.2) is 107 Å². The number of aromatic nitrogens is 1. The second-order valence-electron chi connectivity index (χ2n) is 8.83. The summed E-state index contributed by atoms with van der Waals surface area (Å²) in [6.07, 6.45) is 1.69. The lowest BCUT2D eigenvalue weighted by atomic mass is 10.1. The van der Waals surface area contributed by atoms with Crippen molar-refractivity contribution >= 4 is 38.8 Å². The van der Waals surface area contributed by atoms with E-state index in [1.165, 1.54) is 0 Å². The van der Waals surface area contributed by atoms with Crippen LogP contribution in [0.4, 0.5) is 0 Å². The third-order valence-electron chi connectivity index (χ3n) is 6.27. The topological polar surface area (TPSA) is 55.6 Å². The molecule has 0 saturated heterocycles. The molecule has 0 aliphatic heterocycles. The molecule has 37 heavy (non-hydrogen) atoms. The van der Waals surface area contributed by atoms with Gasteiger partial charge in [0.25, 0.3) is 5.91 Å². The van der Waals surface area contributed by atoms with Crippen LogP contribution in [0.2, 0.25) is 0 Å². The normalized spacial score (nSPS) is 11.2. The number of carbonyl (C=O) groups is 1. The Bertz CT molecular complexity index is 1590. The third kappa shape index (κ3) is 5.65. The predicted octanol–water partition coefficient (Wildman–Crippen LogP) is 7.35. The van der Waals surface area contributed by atoms with Gasteiger partial charge in [-0.3, -0.25) is 4.79 Å². The number of hydrogen-bond donors (Lipinski definition) is 1. The quantitative estimate of drug-likeness (QED) is 0.170. The Kier molecular flexibility index (Phi) is 7.19. The molecule has 0 unspecified atom stereocenters. The summed E-state index contributed by atoms with van der Waals surface area (Å²) in [7, 11) is 0. The van der Waals surface area contributed by atoms with Crippen LogP contribution in [0, 0.1) is 13.8 Å². The summed E-state index contributed by atoms with van der Waals surface area (Å²) in [6.45, 7) is 4.60. The maximum atomic E-state index is 12.6. The highest BCUT2D eigenvalue weighted by Crippen LogP contribution is 2.23. The summed E-state index contributed by atoms with van der Waals surface area (Å²) in [5, 5.41) is 6.34. The lowest BCUT2D eigenvalue weighted by Gasteiger charge is -2.11. The molecule has 0 atom stereocenters. The van der Waals surface area contributed by atoms with Gasteiger partial charge in [-0.05, 0) is 84.8 Å². The number of carbonyl (C=O) groups excluding carboxylic acids is 1. The molecule has 0 radical (unpaired) electrons. The molecule has 184 valence electrons. The summed E-state index contributed by atoms with van der Waals surface area (Å²) in [5.74, 6) is 0.571. The first-order valence-corrected chi connectivity index (χ1v) is 12.8. The summed E-state index contributed by atoms with van der Waals surface area (Å²) in [6, 6.07) is 31.8. The van der Waals surface area contributed by atoms with Crippen LogP contribution in [0.25, 0.3) is 16.5 Å². The number of hydrazone groups is 1. The Morgan fingerprint density at radius 3 is 2.41 bits per heavy atom. The van der Waals surface area contributed by atoms with Crippen molar-refractivity contribution in [2.45, 2.75) is 20.5 Å². The number of hydrogen-bond acceptors (Lipinski definition) is 3. The van der Waals surface area contributed by atoms with Gasteiger partial charge in [-0.1, -0.05) is 58.4 Å². The minimum atomic E-state index is -0.241. The molecule has 5 aromatic rings. The highest BCUT2D eigenvalue weighted by Gasteiger charge is 2.10. The summed E-state index contributed by atoms with van der Waals surface area (Å²) in [4.78, 5) is 12.6. The lowest BCUT2D eigenvalue weighted by Crippen LogP contribution is -2.17. The molecule has 0 saturated carbocycles. The van der Waals surface area contributed by atoms with E-state index in [4.69, 9.17) is 4.74 Å². The molecule has 0 aliphatic carbocycles. The van der Waals surface area contributed by atoms with Crippen molar-refractivity contribution < 1.29 is 9.53 Å². The number of aryl methyl sites for hydroxylation is 1. The molecular weight excluding hydrogens is 526 g/mol. The van der Waals surface area contributed by atoms with Gasteiger partial charge >= 0.3 is 0 Å². The van der Waals surface area contributed by atoms with Crippen LogP contribution in [0.5, 0.6) is 5.75 Å². The van der Waals surface area contributed by atoms with Crippen molar-refractivity contribution in [1.29, 1.82) is 0 Å². The van der Waals surface area contributed by atoms with Crippen molar-refractivity contribution in [1.82, 2.24) is 9.99 Å². The number of nitrogens with zero attached hydrogens (tertiary/aromatic N) is 2. The van der Waals surface area contributed by atoms with Crippen LogP contribution >= 0.6 is 15.9 Å². The average molecular weight is 552 g/mol. The Morgan fingerprint density at radius 2 is 1.65 bits per heavy atom. The van der Waals surface area contributed by atoms with E-state index in [0.29, 0.717) is 12.2 Å². The summed E-state index contributed by atoms with van der Waals surface area (Å²) < 4.78 is 9.15. The van der Waals surface area contributed by atoms with E-state index in [-0.39, 0.29) is 5.91 Å². The van der Waals surface area contributed by atoms with Gasteiger partial charge in [0.05, 0.1) is 6.21 Å². The van der Waals surface area contributed by atoms with Crippen molar-refractivity contribution in [2.24, 2.45) is 5.10 Å². The van der Waals surface area contributed by atoms with E-state index in [1.54, 1.807) is 6.21 Å². The van der Waals surface area contributed by atoms with Gasteiger partial charge in [-0.25, -0.2) is 5.43 Å². The smallest absolute Gasteiger partial charge is 0.271 e. The second-order valence-corrected chi connectivity index (χ2v) is 9.75. The van der Waals surface area contributed by atoms with E-state index in [9.17, 15) is 4.79 Å². The second kappa shape index (κ2) is 10.8. The maximum Gasteiger partial charge on any atom is 0.271 e. The fourth-order valence-corrected chi connectivity index (χ4v) is 4.57. The first kappa shape index (κ1) is 24.5. The van der Waals surface area contributed by atoms with Gasteiger partial charge in [-0.15, -0.1) is 0 Å². The van der Waals surface area contributed by atoms with E-state index in [0.717, 1.165) is 49.2 Å². The molecule has 0 spiro atoms. The standard InChI is InChI=1S/C31H26BrN3O2/c1-21-17-27(19-33-34-31(36)26-10-9-24-5-3-4-6-25(24)18-26)22(2)35(21)29-13-15-30(16-14-29)37-20-23-7-11-28(32)12-8-23/h3-19H,20H2,1-2H3,(H,34,36)/b33-19+. The third-order valence-corrected chi connectivity index (χ3v) is 6.79. The molecule has 5 nitrogen and oxygen atoms in total. The van der Waals surface area contributed by atoms with Crippen molar-refractivity contribution in [2.75, 3.05) is 0 Å². The largest absolute Gasteiger partial charge is 0.489 e. The monoisotopic (exact) mass is 551 g/mol. The molecule has 0 fully saturated rings. The SMILES string of the molecule is Cc1cc(/C=N/NC(=O)c2ccc3ccccc3c2)c(C)n1-c1ccc(OCc2ccc(Br)cc2)cc1. The minimum absolute atomic E-state index is 0.241.